The lowest BCUT2D eigenvalue weighted by Crippen LogP contribution is -2.45. The highest BCUT2D eigenvalue weighted by molar-refractivity contribution is 5.81. The van der Waals surface area contributed by atoms with E-state index in [1.807, 2.05) is 48.1 Å². The van der Waals surface area contributed by atoms with Gasteiger partial charge in [0.25, 0.3) is 5.91 Å². The van der Waals surface area contributed by atoms with Gasteiger partial charge in [0.15, 0.2) is 0 Å². The van der Waals surface area contributed by atoms with Crippen molar-refractivity contribution in [3.8, 4) is 0 Å². The zero-order chi connectivity index (χ0) is 16.2. The minimum atomic E-state index is -0.975. The molecule has 0 radical (unpaired) electrons. The second kappa shape index (κ2) is 6.96. The van der Waals surface area contributed by atoms with E-state index >= 15 is 0 Å². The molecule has 0 spiro atoms. The molecule has 1 aromatic heterocycles. The number of imidazole rings is 1. The molecule has 5 nitrogen and oxygen atoms in total. The molecule has 0 bridgehead atoms. The van der Waals surface area contributed by atoms with E-state index in [2.05, 4.69) is 4.98 Å². The number of carbonyl (C=O) groups excluding carboxylic acids is 1. The van der Waals surface area contributed by atoms with E-state index in [1.54, 1.807) is 11.1 Å². The standard InChI is InChI=1S/C18H23N3O2/c1-20-11-9-19-17(20)15-8-5-10-21(13-15)18(23)16(22)12-14-6-3-2-4-7-14/h2-4,6-7,9,11,15-16,22H,5,8,10,12-13H2,1H3/t15?,16-/m0/s1. The summed E-state index contributed by atoms with van der Waals surface area (Å²) in [5, 5.41) is 10.3. The maximum atomic E-state index is 12.6. The second-order valence-corrected chi connectivity index (χ2v) is 6.23. The molecule has 5 heteroatoms. The van der Waals surface area contributed by atoms with E-state index in [1.165, 1.54) is 0 Å². The predicted octanol–water partition coefficient (Wildman–Crippen LogP) is 1.73. The molecule has 0 saturated carbocycles. The van der Waals surface area contributed by atoms with Gasteiger partial charge in [-0.1, -0.05) is 30.3 Å². The van der Waals surface area contributed by atoms with Crippen LogP contribution in [-0.4, -0.2) is 44.7 Å². The quantitative estimate of drug-likeness (QED) is 0.935. The number of aliphatic hydroxyl groups is 1. The van der Waals surface area contributed by atoms with Crippen molar-refractivity contribution in [2.45, 2.75) is 31.3 Å². The van der Waals surface area contributed by atoms with Crippen LogP contribution in [0.25, 0.3) is 0 Å². The molecule has 2 aromatic rings. The largest absolute Gasteiger partial charge is 0.383 e. The molecule has 2 atom stereocenters. The van der Waals surface area contributed by atoms with Gasteiger partial charge in [-0.2, -0.15) is 0 Å². The fourth-order valence-electron chi connectivity index (χ4n) is 3.29. The highest BCUT2D eigenvalue weighted by atomic mass is 16.3. The Balaban J connectivity index is 1.64. The summed E-state index contributed by atoms with van der Waals surface area (Å²) in [4.78, 5) is 18.7. The molecular formula is C18H23N3O2. The third-order valence-corrected chi connectivity index (χ3v) is 4.51. The number of nitrogens with zero attached hydrogens (tertiary/aromatic N) is 3. The Labute approximate surface area is 136 Å². The van der Waals surface area contributed by atoms with Crippen molar-refractivity contribution in [2.75, 3.05) is 13.1 Å². The maximum absolute atomic E-state index is 12.6. The van der Waals surface area contributed by atoms with Crippen LogP contribution in [0, 0.1) is 0 Å². The highest BCUT2D eigenvalue weighted by Gasteiger charge is 2.30. The summed E-state index contributed by atoms with van der Waals surface area (Å²) in [6, 6.07) is 9.64. The molecule has 1 N–H and O–H groups in total. The summed E-state index contributed by atoms with van der Waals surface area (Å²) in [6.07, 6.45) is 5.09. The van der Waals surface area contributed by atoms with Gasteiger partial charge in [-0.05, 0) is 18.4 Å². The van der Waals surface area contributed by atoms with Crippen LogP contribution in [-0.2, 0) is 18.3 Å². The monoisotopic (exact) mass is 313 g/mol. The summed E-state index contributed by atoms with van der Waals surface area (Å²) in [5.41, 5.74) is 0.978. The van der Waals surface area contributed by atoms with Crippen molar-refractivity contribution >= 4 is 5.91 Å². The summed E-state index contributed by atoms with van der Waals surface area (Å²) in [5.74, 6) is 1.09. The molecule has 1 fully saturated rings. The first kappa shape index (κ1) is 15.7. The number of aliphatic hydroxyl groups excluding tert-OH is 1. The van der Waals surface area contributed by atoms with Crippen molar-refractivity contribution in [1.82, 2.24) is 14.5 Å². The zero-order valence-electron chi connectivity index (χ0n) is 13.4. The number of piperidine rings is 1. The third kappa shape index (κ3) is 3.62. The molecule has 0 aliphatic carbocycles. The Kier molecular flexibility index (Phi) is 4.76. The minimum Gasteiger partial charge on any atom is -0.383 e. The normalized spacial score (nSPS) is 19.6. The average molecular weight is 313 g/mol. The van der Waals surface area contributed by atoms with Crippen molar-refractivity contribution < 1.29 is 9.90 Å². The van der Waals surface area contributed by atoms with E-state index in [9.17, 15) is 9.90 Å². The SMILES string of the molecule is Cn1ccnc1C1CCCN(C(=O)[C@@H](O)Cc2ccccc2)C1. The molecule has 1 aliphatic rings. The van der Waals surface area contributed by atoms with Gasteiger partial charge in [-0.3, -0.25) is 4.79 Å². The van der Waals surface area contributed by atoms with Crippen LogP contribution in [0.4, 0.5) is 0 Å². The molecule has 23 heavy (non-hydrogen) atoms. The van der Waals surface area contributed by atoms with Gasteiger partial charge in [0.05, 0.1) is 0 Å². The van der Waals surface area contributed by atoms with Gasteiger partial charge in [-0.15, -0.1) is 0 Å². The molecule has 1 aliphatic heterocycles. The predicted molar refractivity (Wildman–Crippen MR) is 87.9 cm³/mol. The first-order valence-corrected chi connectivity index (χ1v) is 8.13. The van der Waals surface area contributed by atoms with E-state index in [0.29, 0.717) is 19.5 Å². The lowest BCUT2D eigenvalue weighted by atomic mass is 9.96. The molecule has 1 unspecified atom stereocenters. The molecular weight excluding hydrogens is 290 g/mol. The van der Waals surface area contributed by atoms with Gasteiger partial charge >= 0.3 is 0 Å². The van der Waals surface area contributed by atoms with Crippen molar-refractivity contribution in [1.29, 1.82) is 0 Å². The third-order valence-electron chi connectivity index (χ3n) is 4.51. The fraction of sp³-hybridized carbons (Fsp3) is 0.444. The number of hydrogen-bond acceptors (Lipinski definition) is 3. The molecule has 1 aromatic carbocycles. The van der Waals surface area contributed by atoms with E-state index < -0.39 is 6.10 Å². The molecule has 3 rings (SSSR count). The molecule has 2 heterocycles. The fourth-order valence-corrected chi connectivity index (χ4v) is 3.29. The number of hydrogen-bond donors (Lipinski definition) is 1. The van der Waals surface area contributed by atoms with Crippen LogP contribution in [0.5, 0.6) is 0 Å². The summed E-state index contributed by atoms with van der Waals surface area (Å²) < 4.78 is 2.01. The van der Waals surface area contributed by atoms with Crippen LogP contribution in [0.2, 0.25) is 0 Å². The first-order chi connectivity index (χ1) is 11.1. The lowest BCUT2D eigenvalue weighted by Gasteiger charge is -2.33. The minimum absolute atomic E-state index is 0.173. The van der Waals surface area contributed by atoms with Gasteiger partial charge in [0, 0.05) is 44.9 Å². The van der Waals surface area contributed by atoms with E-state index in [-0.39, 0.29) is 11.8 Å². The number of likely N-dealkylation sites (tertiary alicyclic amines) is 1. The summed E-state index contributed by atoms with van der Waals surface area (Å²) in [6.45, 7) is 1.35. The Morgan fingerprint density at radius 2 is 2.17 bits per heavy atom. The van der Waals surface area contributed by atoms with Gasteiger partial charge in [0.2, 0.25) is 0 Å². The number of aryl methyl sites for hydroxylation is 1. The lowest BCUT2D eigenvalue weighted by molar-refractivity contribution is -0.141. The van der Waals surface area contributed by atoms with Crippen LogP contribution in [0.3, 0.4) is 0 Å². The van der Waals surface area contributed by atoms with E-state index in [4.69, 9.17) is 0 Å². The number of amides is 1. The Bertz CT molecular complexity index is 653. The number of aromatic nitrogens is 2. The summed E-state index contributed by atoms with van der Waals surface area (Å²) >= 11 is 0. The van der Waals surface area contributed by atoms with Gasteiger partial charge in [0.1, 0.15) is 11.9 Å². The van der Waals surface area contributed by atoms with Gasteiger partial charge < -0.3 is 14.6 Å². The Hall–Kier alpha value is -2.14. The highest BCUT2D eigenvalue weighted by Crippen LogP contribution is 2.26. The number of carbonyl (C=O) groups is 1. The molecule has 1 saturated heterocycles. The second-order valence-electron chi connectivity index (χ2n) is 6.23. The van der Waals surface area contributed by atoms with Crippen LogP contribution in [0.15, 0.2) is 42.7 Å². The number of benzene rings is 1. The topological polar surface area (TPSA) is 58.4 Å². The Morgan fingerprint density at radius 1 is 1.39 bits per heavy atom. The summed E-state index contributed by atoms with van der Waals surface area (Å²) in [7, 11) is 1.98. The van der Waals surface area contributed by atoms with Crippen LogP contribution < -0.4 is 0 Å². The maximum Gasteiger partial charge on any atom is 0.251 e. The molecule has 122 valence electrons. The van der Waals surface area contributed by atoms with Crippen molar-refractivity contribution in [3.63, 3.8) is 0 Å². The number of rotatable bonds is 4. The smallest absolute Gasteiger partial charge is 0.251 e. The Morgan fingerprint density at radius 3 is 2.87 bits per heavy atom. The first-order valence-electron chi connectivity index (χ1n) is 8.13. The average Bonchev–Trinajstić information content (AvgIpc) is 3.01. The van der Waals surface area contributed by atoms with E-state index in [0.717, 1.165) is 24.2 Å². The molecule has 1 amide bonds. The van der Waals surface area contributed by atoms with Crippen LogP contribution in [0.1, 0.15) is 30.1 Å². The zero-order valence-corrected chi connectivity index (χ0v) is 13.4. The van der Waals surface area contributed by atoms with Crippen molar-refractivity contribution in [2.24, 2.45) is 7.05 Å². The van der Waals surface area contributed by atoms with Crippen LogP contribution >= 0.6 is 0 Å². The van der Waals surface area contributed by atoms with Gasteiger partial charge in [-0.25, -0.2) is 4.98 Å². The van der Waals surface area contributed by atoms with Crippen molar-refractivity contribution in [3.05, 3.63) is 54.1 Å².